The molecule has 0 amide bonds. The molecule has 3 rings (SSSR count). The second-order valence-electron chi connectivity index (χ2n) is 5.79. The number of benzene rings is 1. The maximum absolute atomic E-state index is 12.9. The maximum Gasteiger partial charge on any atom is 0.123 e. The van der Waals surface area contributed by atoms with E-state index in [0.29, 0.717) is 0 Å². The minimum atomic E-state index is -0.192. The Bertz CT molecular complexity index is 395. The topological polar surface area (TPSA) is 29.3 Å². The number of rotatable bonds is 6. The summed E-state index contributed by atoms with van der Waals surface area (Å²) in [5, 5.41) is 0. The molecular formula is C15H21FN2. The van der Waals surface area contributed by atoms with Gasteiger partial charge in [0.05, 0.1) is 0 Å². The molecular weight excluding hydrogens is 227 g/mol. The Labute approximate surface area is 108 Å². The fourth-order valence-electron chi connectivity index (χ4n) is 2.51. The summed E-state index contributed by atoms with van der Waals surface area (Å²) in [7, 11) is 0. The van der Waals surface area contributed by atoms with Gasteiger partial charge in [0.25, 0.3) is 0 Å². The van der Waals surface area contributed by atoms with E-state index in [1.54, 1.807) is 0 Å². The monoisotopic (exact) mass is 248 g/mol. The van der Waals surface area contributed by atoms with Gasteiger partial charge in [0.1, 0.15) is 5.82 Å². The second kappa shape index (κ2) is 4.98. The average molecular weight is 248 g/mol. The smallest absolute Gasteiger partial charge is 0.123 e. The van der Waals surface area contributed by atoms with Crippen LogP contribution in [0.3, 0.4) is 0 Å². The van der Waals surface area contributed by atoms with Crippen molar-refractivity contribution in [1.29, 1.82) is 0 Å². The molecule has 0 radical (unpaired) electrons. The first kappa shape index (κ1) is 12.1. The van der Waals surface area contributed by atoms with Gasteiger partial charge in [-0.05, 0) is 49.3 Å². The fourth-order valence-corrected chi connectivity index (χ4v) is 2.51. The molecule has 98 valence electrons. The van der Waals surface area contributed by atoms with Crippen LogP contribution in [0.2, 0.25) is 0 Å². The van der Waals surface area contributed by atoms with Gasteiger partial charge in [-0.1, -0.05) is 12.1 Å². The Balaban J connectivity index is 1.60. The molecule has 2 nitrogen and oxygen atoms in total. The minimum Gasteiger partial charge on any atom is -0.323 e. The third-order valence-electron chi connectivity index (χ3n) is 3.98. The van der Waals surface area contributed by atoms with Crippen molar-refractivity contribution in [3.63, 3.8) is 0 Å². The van der Waals surface area contributed by atoms with Crippen LogP contribution < -0.4 is 5.73 Å². The molecule has 2 aliphatic rings. The predicted octanol–water partition coefficient (Wildman–Crippen LogP) is 2.70. The lowest BCUT2D eigenvalue weighted by molar-refractivity contribution is 0.237. The average Bonchev–Trinajstić information content (AvgIpc) is 3.23. The molecule has 2 N–H and O–H groups in total. The molecule has 2 saturated carbocycles. The van der Waals surface area contributed by atoms with Gasteiger partial charge >= 0.3 is 0 Å². The molecule has 1 atom stereocenters. The largest absolute Gasteiger partial charge is 0.323 e. The summed E-state index contributed by atoms with van der Waals surface area (Å²) in [4.78, 5) is 2.55. The van der Waals surface area contributed by atoms with E-state index in [0.717, 1.165) is 24.1 Å². The molecule has 2 fully saturated rings. The van der Waals surface area contributed by atoms with E-state index in [1.165, 1.54) is 44.4 Å². The Morgan fingerprint density at radius 3 is 2.39 bits per heavy atom. The molecule has 0 aliphatic heterocycles. The van der Waals surface area contributed by atoms with Crippen molar-refractivity contribution in [1.82, 2.24) is 4.90 Å². The number of halogens is 1. The number of nitrogens with zero attached hydrogens (tertiary/aromatic N) is 1. The van der Waals surface area contributed by atoms with Crippen LogP contribution in [0.5, 0.6) is 0 Å². The van der Waals surface area contributed by atoms with Crippen LogP contribution in [0.1, 0.15) is 37.3 Å². The molecule has 0 aromatic heterocycles. The SMILES string of the molecule is NC(CN(CC1CC1)C1CC1)c1ccc(F)cc1. The van der Waals surface area contributed by atoms with Gasteiger partial charge < -0.3 is 5.73 Å². The molecule has 0 saturated heterocycles. The summed E-state index contributed by atoms with van der Waals surface area (Å²) in [5.74, 6) is 0.717. The van der Waals surface area contributed by atoms with Gasteiger partial charge in [0, 0.05) is 25.2 Å². The highest BCUT2D eigenvalue weighted by Gasteiger charge is 2.34. The van der Waals surface area contributed by atoms with Crippen LogP contribution in [-0.2, 0) is 0 Å². The maximum atomic E-state index is 12.9. The van der Waals surface area contributed by atoms with Crippen LogP contribution in [0.4, 0.5) is 4.39 Å². The van der Waals surface area contributed by atoms with E-state index in [4.69, 9.17) is 5.73 Å². The first-order chi connectivity index (χ1) is 8.72. The molecule has 1 aromatic rings. The highest BCUT2D eigenvalue weighted by molar-refractivity contribution is 5.20. The minimum absolute atomic E-state index is 0.00458. The zero-order chi connectivity index (χ0) is 12.5. The van der Waals surface area contributed by atoms with Crippen LogP contribution in [0, 0.1) is 11.7 Å². The van der Waals surface area contributed by atoms with Crippen LogP contribution >= 0.6 is 0 Å². The molecule has 3 heteroatoms. The number of hydrogen-bond acceptors (Lipinski definition) is 2. The van der Waals surface area contributed by atoms with Crippen LogP contribution in [0.15, 0.2) is 24.3 Å². The lowest BCUT2D eigenvalue weighted by Crippen LogP contribution is -2.35. The van der Waals surface area contributed by atoms with Crippen molar-refractivity contribution < 1.29 is 4.39 Å². The normalized spacial score (nSPS) is 21.3. The summed E-state index contributed by atoms with van der Waals surface area (Å²) >= 11 is 0. The van der Waals surface area contributed by atoms with Crippen LogP contribution in [-0.4, -0.2) is 24.0 Å². The summed E-state index contributed by atoms with van der Waals surface area (Å²) < 4.78 is 12.9. The zero-order valence-electron chi connectivity index (χ0n) is 10.7. The predicted molar refractivity (Wildman–Crippen MR) is 70.6 cm³/mol. The van der Waals surface area contributed by atoms with Crippen LogP contribution in [0.25, 0.3) is 0 Å². The standard InChI is InChI=1S/C15H21FN2/c16-13-5-3-12(4-6-13)15(17)10-18(14-7-8-14)9-11-1-2-11/h3-6,11,14-15H,1-2,7-10,17H2. The number of nitrogens with two attached hydrogens (primary N) is 1. The van der Waals surface area contributed by atoms with Crippen molar-refractivity contribution in [2.75, 3.05) is 13.1 Å². The molecule has 0 heterocycles. The zero-order valence-corrected chi connectivity index (χ0v) is 10.7. The van der Waals surface area contributed by atoms with Crippen molar-refractivity contribution in [2.45, 2.75) is 37.8 Å². The van der Waals surface area contributed by atoms with Gasteiger partial charge in [-0.2, -0.15) is 0 Å². The highest BCUT2D eigenvalue weighted by atomic mass is 19.1. The molecule has 1 unspecified atom stereocenters. The Morgan fingerprint density at radius 2 is 1.83 bits per heavy atom. The van der Waals surface area contributed by atoms with Gasteiger partial charge in [-0.25, -0.2) is 4.39 Å². The van der Waals surface area contributed by atoms with E-state index in [2.05, 4.69) is 4.90 Å². The first-order valence-electron chi connectivity index (χ1n) is 6.97. The van der Waals surface area contributed by atoms with Gasteiger partial charge in [0.15, 0.2) is 0 Å². The Morgan fingerprint density at radius 1 is 1.17 bits per heavy atom. The first-order valence-corrected chi connectivity index (χ1v) is 6.97. The van der Waals surface area contributed by atoms with Crippen molar-refractivity contribution >= 4 is 0 Å². The lowest BCUT2D eigenvalue weighted by Gasteiger charge is -2.25. The van der Waals surface area contributed by atoms with Crippen molar-refractivity contribution in [2.24, 2.45) is 11.7 Å². The summed E-state index contributed by atoms with van der Waals surface area (Å²) in [6, 6.07) is 7.38. The van der Waals surface area contributed by atoms with E-state index in [9.17, 15) is 4.39 Å². The third kappa shape index (κ3) is 3.09. The Kier molecular flexibility index (Phi) is 3.35. The summed E-state index contributed by atoms with van der Waals surface area (Å²) in [5.41, 5.74) is 7.28. The van der Waals surface area contributed by atoms with Gasteiger partial charge in [-0.15, -0.1) is 0 Å². The number of hydrogen-bond donors (Lipinski definition) is 1. The van der Waals surface area contributed by atoms with Crippen molar-refractivity contribution in [3.05, 3.63) is 35.6 Å². The highest BCUT2D eigenvalue weighted by Crippen LogP contribution is 2.35. The molecule has 0 bridgehead atoms. The molecule has 1 aromatic carbocycles. The quantitative estimate of drug-likeness (QED) is 0.838. The van der Waals surface area contributed by atoms with Crippen molar-refractivity contribution in [3.8, 4) is 0 Å². The van der Waals surface area contributed by atoms with E-state index in [-0.39, 0.29) is 11.9 Å². The lowest BCUT2D eigenvalue weighted by atomic mass is 10.1. The summed E-state index contributed by atoms with van der Waals surface area (Å²) in [6.07, 6.45) is 5.41. The van der Waals surface area contributed by atoms with E-state index in [1.807, 2.05) is 12.1 Å². The fraction of sp³-hybridized carbons (Fsp3) is 0.600. The Hall–Kier alpha value is -0.930. The third-order valence-corrected chi connectivity index (χ3v) is 3.98. The van der Waals surface area contributed by atoms with E-state index >= 15 is 0 Å². The molecule has 2 aliphatic carbocycles. The second-order valence-corrected chi connectivity index (χ2v) is 5.79. The van der Waals surface area contributed by atoms with Gasteiger partial charge in [0.2, 0.25) is 0 Å². The molecule has 18 heavy (non-hydrogen) atoms. The molecule has 0 spiro atoms. The summed E-state index contributed by atoms with van der Waals surface area (Å²) in [6.45, 7) is 2.12. The van der Waals surface area contributed by atoms with E-state index < -0.39 is 0 Å². The van der Waals surface area contributed by atoms with Gasteiger partial charge in [-0.3, -0.25) is 4.90 Å².